The molecule has 3 nitrogen and oxygen atoms in total. The van der Waals surface area contributed by atoms with Gasteiger partial charge in [-0.3, -0.25) is 4.68 Å². The number of benzene rings is 1. The lowest BCUT2D eigenvalue weighted by atomic mass is 10.0. The number of rotatable bonds is 3. The highest BCUT2D eigenvalue weighted by Gasteiger charge is 2.14. The zero-order chi connectivity index (χ0) is 13.3. The Hall–Kier alpha value is -1.77. The van der Waals surface area contributed by atoms with Crippen LogP contribution in [0.15, 0.2) is 18.2 Å². The van der Waals surface area contributed by atoms with Crippen molar-refractivity contribution in [3.63, 3.8) is 0 Å². The Bertz CT molecular complexity index is 547. The zero-order valence-electron chi connectivity index (χ0n) is 11.6. The van der Waals surface area contributed by atoms with Crippen LogP contribution >= 0.6 is 0 Å². The molecule has 18 heavy (non-hydrogen) atoms. The van der Waals surface area contributed by atoms with Crippen molar-refractivity contribution in [2.75, 3.05) is 5.73 Å². The molecule has 2 N–H and O–H groups in total. The van der Waals surface area contributed by atoms with Crippen LogP contribution in [-0.2, 0) is 13.5 Å². The van der Waals surface area contributed by atoms with E-state index < -0.39 is 0 Å². The van der Waals surface area contributed by atoms with Gasteiger partial charge in [0, 0.05) is 18.2 Å². The molecule has 0 amide bonds. The molecule has 0 radical (unpaired) electrons. The summed E-state index contributed by atoms with van der Waals surface area (Å²) < 4.78 is 1.78. The number of nitrogens with zero attached hydrogens (tertiary/aromatic N) is 2. The maximum Gasteiger partial charge on any atom is 0.125 e. The van der Waals surface area contributed by atoms with Gasteiger partial charge in [0.25, 0.3) is 0 Å². The van der Waals surface area contributed by atoms with Crippen molar-refractivity contribution in [3.8, 4) is 11.3 Å². The van der Waals surface area contributed by atoms with E-state index in [1.54, 1.807) is 4.68 Å². The summed E-state index contributed by atoms with van der Waals surface area (Å²) in [6.45, 7) is 6.39. The average molecular weight is 243 g/mol. The molecule has 1 aromatic carbocycles. The van der Waals surface area contributed by atoms with E-state index in [4.69, 9.17) is 5.73 Å². The SMILES string of the molecule is CCCc1c(-c2cc(C)cc(C)c2)nn(C)c1N. The lowest BCUT2D eigenvalue weighted by Gasteiger charge is -2.05. The van der Waals surface area contributed by atoms with Crippen molar-refractivity contribution in [2.24, 2.45) is 7.05 Å². The zero-order valence-corrected chi connectivity index (χ0v) is 11.6. The minimum absolute atomic E-state index is 0.783. The van der Waals surface area contributed by atoms with Crippen LogP contribution in [-0.4, -0.2) is 9.78 Å². The topological polar surface area (TPSA) is 43.8 Å². The summed E-state index contributed by atoms with van der Waals surface area (Å²) >= 11 is 0. The molecule has 2 aromatic rings. The summed E-state index contributed by atoms with van der Waals surface area (Å²) in [6.07, 6.45) is 2.05. The molecule has 0 unspecified atom stereocenters. The highest BCUT2D eigenvalue weighted by atomic mass is 15.3. The van der Waals surface area contributed by atoms with Crippen LogP contribution in [0.2, 0.25) is 0 Å². The fraction of sp³-hybridized carbons (Fsp3) is 0.400. The number of anilines is 1. The van der Waals surface area contributed by atoms with Crippen LogP contribution < -0.4 is 5.73 Å². The van der Waals surface area contributed by atoms with Gasteiger partial charge >= 0.3 is 0 Å². The van der Waals surface area contributed by atoms with Gasteiger partial charge in [-0.1, -0.05) is 30.5 Å². The van der Waals surface area contributed by atoms with Gasteiger partial charge in [-0.2, -0.15) is 5.10 Å². The number of hydrogen-bond donors (Lipinski definition) is 1. The molecule has 3 heteroatoms. The van der Waals surface area contributed by atoms with Gasteiger partial charge in [-0.05, 0) is 32.4 Å². The van der Waals surface area contributed by atoms with E-state index in [0.29, 0.717) is 0 Å². The Labute approximate surface area is 109 Å². The molecular weight excluding hydrogens is 222 g/mol. The first-order chi connectivity index (χ1) is 8.52. The Balaban J connectivity index is 2.59. The molecule has 0 fully saturated rings. The first-order valence-electron chi connectivity index (χ1n) is 6.43. The third-order valence-electron chi connectivity index (χ3n) is 3.19. The highest BCUT2D eigenvalue weighted by molar-refractivity contribution is 5.69. The van der Waals surface area contributed by atoms with Gasteiger partial charge in [0.2, 0.25) is 0 Å². The van der Waals surface area contributed by atoms with E-state index in [-0.39, 0.29) is 0 Å². The van der Waals surface area contributed by atoms with Gasteiger partial charge in [0.15, 0.2) is 0 Å². The standard InChI is InChI=1S/C15H21N3/c1-5-6-13-14(17-18(4)15(13)16)12-8-10(2)7-11(3)9-12/h7-9H,5-6,16H2,1-4H3. The molecule has 0 aliphatic rings. The van der Waals surface area contributed by atoms with E-state index in [1.807, 2.05) is 7.05 Å². The monoisotopic (exact) mass is 243 g/mol. The molecule has 1 heterocycles. The lowest BCUT2D eigenvalue weighted by Crippen LogP contribution is -1.99. The highest BCUT2D eigenvalue weighted by Crippen LogP contribution is 2.29. The molecular formula is C15H21N3. The van der Waals surface area contributed by atoms with E-state index in [9.17, 15) is 0 Å². The second kappa shape index (κ2) is 4.84. The van der Waals surface area contributed by atoms with Crippen molar-refractivity contribution in [3.05, 3.63) is 34.9 Å². The molecule has 0 bridgehead atoms. The summed E-state index contributed by atoms with van der Waals surface area (Å²) in [5, 5.41) is 4.57. The minimum Gasteiger partial charge on any atom is -0.384 e. The molecule has 0 aliphatic heterocycles. The second-order valence-electron chi connectivity index (χ2n) is 4.96. The van der Waals surface area contributed by atoms with Gasteiger partial charge in [-0.25, -0.2) is 0 Å². The van der Waals surface area contributed by atoms with Crippen LogP contribution in [0.1, 0.15) is 30.0 Å². The van der Waals surface area contributed by atoms with Crippen LogP contribution in [0.25, 0.3) is 11.3 Å². The first-order valence-corrected chi connectivity index (χ1v) is 6.43. The molecule has 0 atom stereocenters. The predicted octanol–water partition coefficient (Wildman–Crippen LogP) is 3.24. The number of aryl methyl sites for hydroxylation is 3. The van der Waals surface area contributed by atoms with E-state index in [2.05, 4.69) is 44.1 Å². The number of nitrogens with two attached hydrogens (primary N) is 1. The van der Waals surface area contributed by atoms with Gasteiger partial charge < -0.3 is 5.73 Å². The van der Waals surface area contributed by atoms with Crippen LogP contribution in [0.3, 0.4) is 0 Å². The Kier molecular flexibility index (Phi) is 3.41. The third kappa shape index (κ3) is 2.26. The number of nitrogen functional groups attached to an aromatic ring is 1. The molecule has 2 rings (SSSR count). The fourth-order valence-corrected chi connectivity index (χ4v) is 2.42. The second-order valence-corrected chi connectivity index (χ2v) is 4.96. The first kappa shape index (κ1) is 12.7. The van der Waals surface area contributed by atoms with Gasteiger partial charge in [0.1, 0.15) is 5.82 Å². The predicted molar refractivity (Wildman–Crippen MR) is 76.5 cm³/mol. The van der Waals surface area contributed by atoms with Gasteiger partial charge in [-0.15, -0.1) is 0 Å². The molecule has 0 spiro atoms. The molecule has 0 aliphatic carbocycles. The van der Waals surface area contributed by atoms with Crippen LogP contribution in [0.4, 0.5) is 5.82 Å². The van der Waals surface area contributed by atoms with E-state index >= 15 is 0 Å². The quantitative estimate of drug-likeness (QED) is 0.899. The summed E-state index contributed by atoms with van der Waals surface area (Å²) in [5.74, 6) is 0.783. The van der Waals surface area contributed by atoms with Crippen molar-refractivity contribution in [1.29, 1.82) is 0 Å². The van der Waals surface area contributed by atoms with Crippen LogP contribution in [0, 0.1) is 13.8 Å². The molecule has 0 saturated heterocycles. The normalized spacial score (nSPS) is 10.9. The smallest absolute Gasteiger partial charge is 0.125 e. The van der Waals surface area contributed by atoms with Crippen molar-refractivity contribution >= 4 is 5.82 Å². The average Bonchev–Trinajstić information content (AvgIpc) is 2.56. The van der Waals surface area contributed by atoms with Crippen LogP contribution in [0.5, 0.6) is 0 Å². The summed E-state index contributed by atoms with van der Waals surface area (Å²) in [5.41, 5.74) is 12.0. The lowest BCUT2D eigenvalue weighted by molar-refractivity contribution is 0.781. The molecule has 0 saturated carbocycles. The third-order valence-corrected chi connectivity index (χ3v) is 3.19. The minimum atomic E-state index is 0.783. The number of aromatic nitrogens is 2. The molecule has 1 aromatic heterocycles. The van der Waals surface area contributed by atoms with E-state index in [1.165, 1.54) is 22.3 Å². The van der Waals surface area contributed by atoms with E-state index in [0.717, 1.165) is 24.4 Å². The number of hydrogen-bond acceptors (Lipinski definition) is 2. The summed E-state index contributed by atoms with van der Waals surface area (Å²) in [4.78, 5) is 0. The Morgan fingerprint density at radius 2 is 1.78 bits per heavy atom. The summed E-state index contributed by atoms with van der Waals surface area (Å²) in [7, 11) is 1.90. The maximum absolute atomic E-state index is 6.10. The Morgan fingerprint density at radius 1 is 1.17 bits per heavy atom. The molecule has 96 valence electrons. The van der Waals surface area contributed by atoms with Crippen molar-refractivity contribution in [2.45, 2.75) is 33.6 Å². The fourth-order valence-electron chi connectivity index (χ4n) is 2.42. The maximum atomic E-state index is 6.10. The van der Waals surface area contributed by atoms with Crippen molar-refractivity contribution in [1.82, 2.24) is 9.78 Å². The Morgan fingerprint density at radius 3 is 2.33 bits per heavy atom. The summed E-state index contributed by atoms with van der Waals surface area (Å²) in [6, 6.07) is 6.52. The largest absolute Gasteiger partial charge is 0.384 e. The van der Waals surface area contributed by atoms with Gasteiger partial charge in [0.05, 0.1) is 5.69 Å². The van der Waals surface area contributed by atoms with Crippen molar-refractivity contribution < 1.29 is 0 Å².